The summed E-state index contributed by atoms with van der Waals surface area (Å²) in [5.41, 5.74) is -0.0396. The van der Waals surface area contributed by atoms with Gasteiger partial charge in [-0.25, -0.2) is 4.79 Å². The Labute approximate surface area is 140 Å². The van der Waals surface area contributed by atoms with E-state index in [0.29, 0.717) is 0 Å². The number of piperidine rings is 1. The number of nitrogens with one attached hydrogen (secondary N) is 3. The fourth-order valence-corrected chi connectivity index (χ4v) is 3.34. The number of carbonyl (C=O) groups excluding carboxylic acids is 2. The third-order valence-corrected chi connectivity index (χ3v) is 3.85. The summed E-state index contributed by atoms with van der Waals surface area (Å²) in [4.78, 5) is 23.8. The molecule has 3 N–H and O–H groups in total. The second-order valence-electron chi connectivity index (χ2n) is 8.24. The normalized spacial score (nSPS) is 21.6. The van der Waals surface area contributed by atoms with Crippen molar-refractivity contribution in [1.82, 2.24) is 16.0 Å². The Morgan fingerprint density at radius 2 is 1.65 bits per heavy atom. The molecule has 2 amide bonds. The maximum Gasteiger partial charge on any atom is 0.315 e. The highest BCUT2D eigenvalue weighted by atomic mass is 16.5. The second kappa shape index (κ2) is 7.51. The summed E-state index contributed by atoms with van der Waals surface area (Å²) in [5, 5.41) is 9.38. The summed E-state index contributed by atoms with van der Waals surface area (Å²) in [7, 11) is 0. The van der Waals surface area contributed by atoms with E-state index in [1.54, 1.807) is 6.92 Å². The molecule has 23 heavy (non-hydrogen) atoms. The molecule has 6 heteroatoms. The van der Waals surface area contributed by atoms with Gasteiger partial charge in [-0.1, -0.05) is 6.92 Å². The number of amides is 2. The summed E-state index contributed by atoms with van der Waals surface area (Å²) < 4.78 is 5.13. The van der Waals surface area contributed by atoms with Gasteiger partial charge in [0, 0.05) is 23.7 Å². The molecule has 0 aromatic carbocycles. The fourth-order valence-electron chi connectivity index (χ4n) is 3.34. The Morgan fingerprint density at radius 3 is 2.13 bits per heavy atom. The maximum atomic E-state index is 12.1. The zero-order valence-electron chi connectivity index (χ0n) is 15.6. The van der Waals surface area contributed by atoms with Crippen molar-refractivity contribution in [3.63, 3.8) is 0 Å². The van der Waals surface area contributed by atoms with Crippen LogP contribution in [0.3, 0.4) is 0 Å². The van der Waals surface area contributed by atoms with Crippen LogP contribution in [0.2, 0.25) is 0 Å². The molecule has 1 heterocycles. The van der Waals surface area contributed by atoms with E-state index in [2.05, 4.69) is 43.6 Å². The smallest absolute Gasteiger partial charge is 0.315 e. The fraction of sp³-hybridized carbons (Fsp3) is 0.882. The van der Waals surface area contributed by atoms with Crippen LogP contribution in [0.15, 0.2) is 0 Å². The largest absolute Gasteiger partial charge is 0.463 e. The Bertz CT molecular complexity index is 417. The molecule has 1 aliphatic rings. The third kappa shape index (κ3) is 7.20. The van der Waals surface area contributed by atoms with Crippen LogP contribution < -0.4 is 16.0 Å². The monoisotopic (exact) mass is 327 g/mol. The van der Waals surface area contributed by atoms with Crippen LogP contribution in [0.25, 0.3) is 0 Å². The molecule has 1 fully saturated rings. The highest BCUT2D eigenvalue weighted by Gasteiger charge is 2.38. The molecule has 1 rings (SSSR count). The van der Waals surface area contributed by atoms with Gasteiger partial charge in [-0.15, -0.1) is 0 Å². The van der Waals surface area contributed by atoms with E-state index in [1.807, 2.05) is 13.8 Å². The molecular formula is C17H33N3O3. The summed E-state index contributed by atoms with van der Waals surface area (Å²) >= 11 is 0. The SMILES string of the molecule is CC(C)OC(=O)C(C)CNC(=O)NC1CC(C)(C)NC(C)(C)C1. The molecule has 6 nitrogen and oxygen atoms in total. The van der Waals surface area contributed by atoms with Crippen LogP contribution in [0.5, 0.6) is 0 Å². The Hall–Kier alpha value is -1.30. The minimum absolute atomic E-state index is 0.0198. The topological polar surface area (TPSA) is 79.5 Å². The Kier molecular flexibility index (Phi) is 6.45. The number of carbonyl (C=O) groups is 2. The first-order chi connectivity index (χ1) is 10.4. The van der Waals surface area contributed by atoms with Crippen LogP contribution in [0.1, 0.15) is 61.3 Å². The molecule has 134 valence electrons. The van der Waals surface area contributed by atoms with Crippen LogP contribution >= 0.6 is 0 Å². The number of hydrogen-bond donors (Lipinski definition) is 3. The zero-order chi connectivity index (χ0) is 17.8. The van der Waals surface area contributed by atoms with E-state index in [-0.39, 0.29) is 47.7 Å². The van der Waals surface area contributed by atoms with Crippen molar-refractivity contribution in [3.05, 3.63) is 0 Å². The highest BCUT2D eigenvalue weighted by molar-refractivity contribution is 5.76. The van der Waals surface area contributed by atoms with Gasteiger partial charge in [0.05, 0.1) is 12.0 Å². The number of urea groups is 1. The lowest BCUT2D eigenvalue weighted by Crippen LogP contribution is -2.62. The number of ether oxygens (including phenoxy) is 1. The first-order valence-corrected chi connectivity index (χ1v) is 8.44. The maximum absolute atomic E-state index is 12.1. The lowest BCUT2D eigenvalue weighted by Gasteiger charge is -2.46. The number of rotatable bonds is 5. The summed E-state index contributed by atoms with van der Waals surface area (Å²) in [5.74, 6) is -0.645. The van der Waals surface area contributed by atoms with Gasteiger partial charge in [-0.2, -0.15) is 0 Å². The molecule has 0 aromatic heterocycles. The van der Waals surface area contributed by atoms with Crippen molar-refractivity contribution in [2.45, 2.75) is 84.5 Å². The zero-order valence-corrected chi connectivity index (χ0v) is 15.6. The van der Waals surface area contributed by atoms with Crippen LogP contribution in [0, 0.1) is 5.92 Å². The van der Waals surface area contributed by atoms with Crippen molar-refractivity contribution in [2.75, 3.05) is 6.54 Å². The van der Waals surface area contributed by atoms with Crippen LogP contribution in [-0.2, 0) is 9.53 Å². The van der Waals surface area contributed by atoms with Crippen molar-refractivity contribution < 1.29 is 14.3 Å². The third-order valence-electron chi connectivity index (χ3n) is 3.85. The van der Waals surface area contributed by atoms with Crippen molar-refractivity contribution >= 4 is 12.0 Å². The first kappa shape index (κ1) is 19.7. The van der Waals surface area contributed by atoms with Crippen molar-refractivity contribution in [1.29, 1.82) is 0 Å². The van der Waals surface area contributed by atoms with E-state index < -0.39 is 0 Å². The molecule has 1 unspecified atom stereocenters. The first-order valence-electron chi connectivity index (χ1n) is 8.44. The number of hydrogen-bond acceptors (Lipinski definition) is 4. The molecule has 1 atom stereocenters. The molecule has 1 aliphatic heterocycles. The summed E-state index contributed by atoms with van der Waals surface area (Å²) in [6, 6.07) is -0.119. The summed E-state index contributed by atoms with van der Waals surface area (Å²) in [6.07, 6.45) is 1.60. The molecule has 0 radical (unpaired) electrons. The van der Waals surface area contributed by atoms with Gasteiger partial charge in [0.15, 0.2) is 0 Å². The van der Waals surface area contributed by atoms with E-state index in [0.717, 1.165) is 12.8 Å². The highest BCUT2D eigenvalue weighted by Crippen LogP contribution is 2.28. The van der Waals surface area contributed by atoms with E-state index in [9.17, 15) is 9.59 Å². The minimum Gasteiger partial charge on any atom is -0.463 e. The van der Waals surface area contributed by atoms with E-state index in [1.165, 1.54) is 0 Å². The van der Waals surface area contributed by atoms with Gasteiger partial charge in [-0.05, 0) is 54.4 Å². The van der Waals surface area contributed by atoms with Gasteiger partial charge in [0.1, 0.15) is 0 Å². The predicted molar refractivity (Wildman–Crippen MR) is 91.2 cm³/mol. The predicted octanol–water partition coefficient (Wildman–Crippen LogP) is 2.18. The van der Waals surface area contributed by atoms with Gasteiger partial charge in [0.25, 0.3) is 0 Å². The molecule has 0 saturated carbocycles. The van der Waals surface area contributed by atoms with Crippen LogP contribution in [0.4, 0.5) is 4.79 Å². The molecule has 1 saturated heterocycles. The summed E-state index contributed by atoms with van der Waals surface area (Å²) in [6.45, 7) is 14.2. The van der Waals surface area contributed by atoms with Crippen LogP contribution in [-0.4, -0.2) is 41.8 Å². The van der Waals surface area contributed by atoms with Crippen molar-refractivity contribution in [2.24, 2.45) is 5.92 Å². The van der Waals surface area contributed by atoms with Gasteiger partial charge in [-0.3, -0.25) is 4.79 Å². The molecular weight excluding hydrogens is 294 g/mol. The van der Waals surface area contributed by atoms with Gasteiger partial charge in [0.2, 0.25) is 0 Å². The van der Waals surface area contributed by atoms with Gasteiger partial charge >= 0.3 is 12.0 Å². The number of esters is 1. The van der Waals surface area contributed by atoms with Crippen molar-refractivity contribution in [3.8, 4) is 0 Å². The van der Waals surface area contributed by atoms with E-state index >= 15 is 0 Å². The molecule has 0 bridgehead atoms. The second-order valence-corrected chi connectivity index (χ2v) is 8.24. The molecule has 0 aliphatic carbocycles. The average Bonchev–Trinajstić information content (AvgIpc) is 2.30. The van der Waals surface area contributed by atoms with Gasteiger partial charge < -0.3 is 20.7 Å². The lowest BCUT2D eigenvalue weighted by molar-refractivity contribution is -0.151. The van der Waals surface area contributed by atoms with E-state index in [4.69, 9.17) is 4.74 Å². The minimum atomic E-state index is -0.357. The average molecular weight is 327 g/mol. The lowest BCUT2D eigenvalue weighted by atomic mass is 9.80. The standard InChI is InChI=1S/C17H33N3O3/c1-11(2)23-14(21)12(3)10-18-15(22)19-13-8-16(4,5)20-17(6,7)9-13/h11-13,20H,8-10H2,1-7H3,(H2,18,19,22). The molecule has 0 aromatic rings. The Morgan fingerprint density at radius 1 is 1.13 bits per heavy atom. The molecule has 0 spiro atoms. The Balaban J connectivity index is 2.43. The quantitative estimate of drug-likeness (QED) is 0.676.